The quantitative estimate of drug-likeness (QED) is 0.522. The Balaban J connectivity index is 0.00000320. The predicted octanol–water partition coefficient (Wildman–Crippen LogP) is 0.979. The summed E-state index contributed by atoms with van der Waals surface area (Å²) in [6.07, 6.45) is 2.16. The highest BCUT2D eigenvalue weighted by Crippen LogP contribution is 2.30. The first-order valence-corrected chi connectivity index (χ1v) is 10.1. The molecule has 1 aromatic rings. The normalized spacial score (nSPS) is 17.2. The lowest BCUT2D eigenvalue weighted by Gasteiger charge is -2.28. The lowest BCUT2D eigenvalue weighted by molar-refractivity contribution is -0.120. The van der Waals surface area contributed by atoms with Crippen molar-refractivity contribution in [1.82, 2.24) is 20.9 Å². The van der Waals surface area contributed by atoms with Gasteiger partial charge in [0.15, 0.2) is 0 Å². The van der Waals surface area contributed by atoms with E-state index in [9.17, 15) is 14.4 Å². The van der Waals surface area contributed by atoms with Gasteiger partial charge in [0.05, 0.1) is 12.8 Å². The summed E-state index contributed by atoms with van der Waals surface area (Å²) >= 11 is 0. The molecule has 2 aliphatic rings. The van der Waals surface area contributed by atoms with Crippen LogP contribution in [-0.2, 0) is 4.79 Å². The van der Waals surface area contributed by atoms with Crippen LogP contribution in [0, 0.1) is 0 Å². The monoisotopic (exact) mass is 439 g/mol. The lowest BCUT2D eigenvalue weighted by atomic mass is 10.1. The molecular weight excluding hydrogens is 410 g/mol. The summed E-state index contributed by atoms with van der Waals surface area (Å²) in [5.41, 5.74) is 0.927. The van der Waals surface area contributed by atoms with Crippen molar-refractivity contribution in [2.45, 2.75) is 19.3 Å². The topological polar surface area (TPSA) is 103 Å². The number of urea groups is 1. The molecule has 166 valence electrons. The zero-order chi connectivity index (χ0) is 20.6. The number of hydrogen-bond acceptors (Lipinski definition) is 6. The van der Waals surface area contributed by atoms with Crippen LogP contribution < -0.4 is 25.6 Å². The molecule has 0 spiro atoms. The Morgan fingerprint density at radius 3 is 2.63 bits per heavy atom. The minimum absolute atomic E-state index is 0. The molecule has 30 heavy (non-hydrogen) atoms. The van der Waals surface area contributed by atoms with Crippen LogP contribution in [0.3, 0.4) is 0 Å². The highest BCUT2D eigenvalue weighted by molar-refractivity contribution is 6.07. The van der Waals surface area contributed by atoms with Gasteiger partial charge in [-0.15, -0.1) is 12.4 Å². The summed E-state index contributed by atoms with van der Waals surface area (Å²) < 4.78 is 5.33. The van der Waals surface area contributed by atoms with E-state index in [2.05, 4.69) is 20.9 Å². The molecule has 0 aliphatic carbocycles. The standard InChI is InChI=1S/C20H29N5O4.ClH/c1-29-17-5-4-15(14-16(17)25-11-6-18(26)23-20(25)28)19(27)22-7-2-3-10-24-12-8-21-9-13-24;/h4-5,14,21H,2-3,6-13H2,1H3,(H,22,27)(H,23,26,28);1H. The molecule has 2 saturated heterocycles. The second kappa shape index (κ2) is 11.7. The molecular formula is C20H30ClN5O4. The number of hydrogen-bond donors (Lipinski definition) is 3. The van der Waals surface area contributed by atoms with E-state index in [-0.39, 0.29) is 37.2 Å². The number of imide groups is 1. The minimum atomic E-state index is -0.509. The molecule has 3 N–H and O–H groups in total. The maximum atomic E-state index is 12.5. The van der Waals surface area contributed by atoms with Crippen molar-refractivity contribution in [1.29, 1.82) is 0 Å². The molecule has 0 saturated carbocycles. The van der Waals surface area contributed by atoms with Crippen molar-refractivity contribution in [3.8, 4) is 5.75 Å². The number of unbranched alkanes of at least 4 members (excludes halogenated alkanes) is 1. The number of piperazine rings is 1. The third-order valence-corrected chi connectivity index (χ3v) is 5.18. The number of carbonyl (C=O) groups is 3. The van der Waals surface area contributed by atoms with Crippen molar-refractivity contribution in [3.63, 3.8) is 0 Å². The fourth-order valence-corrected chi connectivity index (χ4v) is 3.54. The zero-order valence-electron chi connectivity index (χ0n) is 17.2. The molecule has 10 heteroatoms. The molecule has 9 nitrogen and oxygen atoms in total. The summed E-state index contributed by atoms with van der Waals surface area (Å²) in [5.74, 6) is -0.0217. The fraction of sp³-hybridized carbons (Fsp3) is 0.550. The van der Waals surface area contributed by atoms with Crippen LogP contribution in [0.15, 0.2) is 18.2 Å². The van der Waals surface area contributed by atoms with Crippen LogP contribution in [0.2, 0.25) is 0 Å². The molecule has 2 aliphatic heterocycles. The van der Waals surface area contributed by atoms with Crippen molar-refractivity contribution in [2.75, 3.05) is 57.8 Å². The third-order valence-electron chi connectivity index (χ3n) is 5.18. The zero-order valence-corrected chi connectivity index (χ0v) is 18.1. The largest absolute Gasteiger partial charge is 0.495 e. The molecule has 2 heterocycles. The maximum Gasteiger partial charge on any atom is 0.328 e. The Bertz CT molecular complexity index is 755. The van der Waals surface area contributed by atoms with E-state index in [4.69, 9.17) is 4.74 Å². The van der Waals surface area contributed by atoms with Crippen LogP contribution in [0.25, 0.3) is 0 Å². The van der Waals surface area contributed by atoms with Gasteiger partial charge in [-0.3, -0.25) is 19.8 Å². The summed E-state index contributed by atoms with van der Waals surface area (Å²) in [6, 6.07) is 4.46. The summed E-state index contributed by atoms with van der Waals surface area (Å²) in [5, 5.41) is 8.56. The van der Waals surface area contributed by atoms with Gasteiger partial charge >= 0.3 is 6.03 Å². The number of nitrogens with zero attached hydrogens (tertiary/aromatic N) is 2. The first-order valence-electron chi connectivity index (χ1n) is 10.1. The molecule has 0 unspecified atom stereocenters. The Kier molecular flexibility index (Phi) is 9.35. The van der Waals surface area contributed by atoms with Gasteiger partial charge in [0.25, 0.3) is 5.91 Å². The predicted molar refractivity (Wildman–Crippen MR) is 117 cm³/mol. The van der Waals surface area contributed by atoms with E-state index in [0.717, 1.165) is 45.6 Å². The average molecular weight is 440 g/mol. The van der Waals surface area contributed by atoms with Crippen LogP contribution >= 0.6 is 12.4 Å². The smallest absolute Gasteiger partial charge is 0.328 e. The highest BCUT2D eigenvalue weighted by atomic mass is 35.5. The van der Waals surface area contributed by atoms with Gasteiger partial charge in [-0.05, 0) is 37.6 Å². The molecule has 2 fully saturated rings. The number of anilines is 1. The second-order valence-corrected chi connectivity index (χ2v) is 7.20. The van der Waals surface area contributed by atoms with Gasteiger partial charge in [0.1, 0.15) is 5.75 Å². The highest BCUT2D eigenvalue weighted by Gasteiger charge is 2.27. The van der Waals surface area contributed by atoms with E-state index in [1.807, 2.05) is 0 Å². The summed E-state index contributed by atoms with van der Waals surface area (Å²) in [4.78, 5) is 39.9. The summed E-state index contributed by atoms with van der Waals surface area (Å²) in [6.45, 7) is 6.14. The van der Waals surface area contributed by atoms with Crippen LogP contribution in [0.1, 0.15) is 29.6 Å². The Morgan fingerprint density at radius 1 is 1.17 bits per heavy atom. The SMILES string of the molecule is COc1ccc(C(=O)NCCCCN2CCNCC2)cc1N1CCC(=O)NC1=O.Cl. The number of benzene rings is 1. The summed E-state index contributed by atoms with van der Waals surface area (Å²) in [7, 11) is 1.50. The van der Waals surface area contributed by atoms with E-state index in [0.29, 0.717) is 23.5 Å². The fourth-order valence-electron chi connectivity index (χ4n) is 3.54. The molecule has 1 aromatic carbocycles. The number of amides is 4. The van der Waals surface area contributed by atoms with Gasteiger partial charge in [-0.25, -0.2) is 4.79 Å². The van der Waals surface area contributed by atoms with Gasteiger partial charge < -0.3 is 20.3 Å². The van der Waals surface area contributed by atoms with Crippen LogP contribution in [-0.4, -0.2) is 75.7 Å². The number of halogens is 1. The van der Waals surface area contributed by atoms with E-state index in [1.165, 1.54) is 12.0 Å². The van der Waals surface area contributed by atoms with Crippen molar-refractivity contribution in [2.24, 2.45) is 0 Å². The van der Waals surface area contributed by atoms with Crippen molar-refractivity contribution >= 4 is 35.9 Å². The molecule has 3 rings (SSSR count). The Hall–Kier alpha value is -2.36. The van der Waals surface area contributed by atoms with Crippen LogP contribution in [0.5, 0.6) is 5.75 Å². The average Bonchev–Trinajstić information content (AvgIpc) is 2.73. The third kappa shape index (κ3) is 6.32. The first kappa shape index (κ1) is 23.9. The molecule has 0 atom stereocenters. The number of nitrogens with one attached hydrogen (secondary N) is 3. The maximum absolute atomic E-state index is 12.5. The van der Waals surface area contributed by atoms with Gasteiger partial charge in [0, 0.05) is 51.3 Å². The molecule has 0 bridgehead atoms. The van der Waals surface area contributed by atoms with E-state index >= 15 is 0 Å². The number of carbonyl (C=O) groups excluding carboxylic acids is 3. The molecule has 0 aromatic heterocycles. The lowest BCUT2D eigenvalue weighted by Crippen LogP contribution is -2.49. The van der Waals surface area contributed by atoms with Gasteiger partial charge in [-0.2, -0.15) is 0 Å². The van der Waals surface area contributed by atoms with E-state index in [1.54, 1.807) is 18.2 Å². The molecule has 0 radical (unpaired) electrons. The van der Waals surface area contributed by atoms with E-state index < -0.39 is 6.03 Å². The van der Waals surface area contributed by atoms with Crippen LogP contribution in [0.4, 0.5) is 10.5 Å². The van der Waals surface area contributed by atoms with Crippen molar-refractivity contribution in [3.05, 3.63) is 23.8 Å². The number of ether oxygens (including phenoxy) is 1. The first-order chi connectivity index (χ1) is 14.1. The molecule has 4 amide bonds. The van der Waals surface area contributed by atoms with Crippen molar-refractivity contribution < 1.29 is 19.1 Å². The Labute approximate surface area is 182 Å². The second-order valence-electron chi connectivity index (χ2n) is 7.20. The van der Waals surface area contributed by atoms with Gasteiger partial charge in [-0.1, -0.05) is 0 Å². The van der Waals surface area contributed by atoms with Gasteiger partial charge in [0.2, 0.25) is 5.91 Å². The Morgan fingerprint density at radius 2 is 1.93 bits per heavy atom. The minimum Gasteiger partial charge on any atom is -0.495 e. The number of methoxy groups -OCH3 is 1. The number of rotatable bonds is 8.